The lowest BCUT2D eigenvalue weighted by Gasteiger charge is -1.90. The summed E-state index contributed by atoms with van der Waals surface area (Å²) in [5.74, 6) is 1.75. The van der Waals surface area contributed by atoms with Crippen molar-refractivity contribution in [3.05, 3.63) is 24.3 Å². The van der Waals surface area contributed by atoms with E-state index in [9.17, 15) is 0 Å². The molecule has 0 amide bonds. The lowest BCUT2D eigenvalue weighted by Crippen LogP contribution is -2.10. The Bertz CT molecular complexity index is 380. The average molecular weight is 193 g/mol. The molecule has 0 spiro atoms. The Labute approximate surface area is 81.1 Å². The van der Waals surface area contributed by atoms with E-state index in [0.717, 1.165) is 13.0 Å². The van der Waals surface area contributed by atoms with Crippen molar-refractivity contribution in [2.24, 2.45) is 0 Å². The predicted molar refractivity (Wildman–Crippen MR) is 49.6 cm³/mol. The molecular weight excluding hydrogens is 182 g/mol. The van der Waals surface area contributed by atoms with E-state index in [1.54, 1.807) is 18.4 Å². The minimum atomic E-state index is 0.501. The molecule has 0 bridgehead atoms. The molecule has 0 aliphatic heterocycles. The zero-order valence-corrected chi connectivity index (χ0v) is 7.86. The number of likely N-dealkylation sites (N-methyl/N-ethyl adjacent to an activating group) is 1. The monoisotopic (exact) mass is 193 g/mol. The van der Waals surface area contributed by atoms with Crippen LogP contribution in [-0.4, -0.2) is 23.7 Å². The van der Waals surface area contributed by atoms with Gasteiger partial charge in [-0.1, -0.05) is 5.16 Å². The maximum atomic E-state index is 5.14. The molecule has 0 radical (unpaired) electrons. The summed E-state index contributed by atoms with van der Waals surface area (Å²) < 4.78 is 10.2. The summed E-state index contributed by atoms with van der Waals surface area (Å²) >= 11 is 0. The predicted octanol–water partition coefficient (Wildman–Crippen LogP) is 1.09. The smallest absolute Gasteiger partial charge is 0.238 e. The van der Waals surface area contributed by atoms with Crippen LogP contribution in [0.2, 0.25) is 0 Å². The Balaban J connectivity index is 2.10. The summed E-state index contributed by atoms with van der Waals surface area (Å²) in [4.78, 5) is 4.18. The molecule has 0 aliphatic rings. The number of hydrogen-bond acceptors (Lipinski definition) is 5. The van der Waals surface area contributed by atoms with Crippen molar-refractivity contribution < 1.29 is 8.94 Å². The van der Waals surface area contributed by atoms with E-state index in [1.165, 1.54) is 0 Å². The van der Waals surface area contributed by atoms with Crippen LogP contribution >= 0.6 is 0 Å². The highest BCUT2D eigenvalue weighted by Gasteiger charge is 2.09. The molecule has 0 fully saturated rings. The number of hydrogen-bond donors (Lipinski definition) is 1. The van der Waals surface area contributed by atoms with Crippen molar-refractivity contribution in [2.45, 2.75) is 6.42 Å². The van der Waals surface area contributed by atoms with E-state index in [0.29, 0.717) is 17.5 Å². The topological polar surface area (TPSA) is 64.1 Å². The van der Waals surface area contributed by atoms with Gasteiger partial charge in [0, 0.05) is 13.0 Å². The third-order valence-electron chi connectivity index (χ3n) is 1.80. The lowest BCUT2D eigenvalue weighted by molar-refractivity contribution is 0.376. The Kier molecular flexibility index (Phi) is 2.60. The van der Waals surface area contributed by atoms with E-state index in [-0.39, 0.29) is 0 Å². The number of nitrogens with zero attached hydrogens (tertiary/aromatic N) is 2. The highest BCUT2D eigenvalue weighted by molar-refractivity contribution is 5.44. The molecule has 14 heavy (non-hydrogen) atoms. The van der Waals surface area contributed by atoms with Crippen LogP contribution < -0.4 is 5.32 Å². The molecule has 2 aromatic heterocycles. The quantitative estimate of drug-likeness (QED) is 0.787. The highest BCUT2D eigenvalue weighted by atomic mass is 16.5. The summed E-state index contributed by atoms with van der Waals surface area (Å²) in [6.07, 6.45) is 2.31. The van der Waals surface area contributed by atoms with Gasteiger partial charge in [-0.05, 0) is 19.2 Å². The molecule has 0 saturated carbocycles. The van der Waals surface area contributed by atoms with Gasteiger partial charge in [0.2, 0.25) is 11.7 Å². The van der Waals surface area contributed by atoms with Crippen molar-refractivity contribution in [3.63, 3.8) is 0 Å². The first-order chi connectivity index (χ1) is 6.90. The van der Waals surface area contributed by atoms with Gasteiger partial charge in [-0.25, -0.2) is 0 Å². The highest BCUT2D eigenvalue weighted by Crippen LogP contribution is 2.15. The Morgan fingerprint density at radius 3 is 3.14 bits per heavy atom. The van der Waals surface area contributed by atoms with Crippen LogP contribution in [0.15, 0.2) is 27.3 Å². The fourth-order valence-electron chi connectivity index (χ4n) is 1.09. The van der Waals surface area contributed by atoms with E-state index >= 15 is 0 Å². The van der Waals surface area contributed by atoms with Gasteiger partial charge in [-0.3, -0.25) is 0 Å². The van der Waals surface area contributed by atoms with Crippen LogP contribution in [0.25, 0.3) is 11.6 Å². The average Bonchev–Trinajstić information content (AvgIpc) is 2.85. The largest absolute Gasteiger partial charge is 0.461 e. The van der Waals surface area contributed by atoms with Crippen molar-refractivity contribution in [1.82, 2.24) is 15.5 Å². The van der Waals surface area contributed by atoms with Gasteiger partial charge >= 0.3 is 0 Å². The molecule has 5 nitrogen and oxygen atoms in total. The normalized spacial score (nSPS) is 10.6. The van der Waals surface area contributed by atoms with Crippen LogP contribution in [0.3, 0.4) is 0 Å². The molecule has 74 valence electrons. The SMILES string of the molecule is CNCCc1nc(-c2ccco2)no1. The lowest BCUT2D eigenvalue weighted by atomic mass is 10.4. The number of aromatic nitrogens is 2. The van der Waals surface area contributed by atoms with Crippen LogP contribution in [0.4, 0.5) is 0 Å². The molecule has 2 heterocycles. The molecule has 2 rings (SSSR count). The molecule has 0 atom stereocenters. The van der Waals surface area contributed by atoms with Gasteiger partial charge in [0.25, 0.3) is 0 Å². The molecule has 2 aromatic rings. The standard InChI is InChI=1S/C9H11N3O2/c1-10-5-4-8-11-9(12-14-8)7-3-2-6-13-7/h2-3,6,10H,4-5H2,1H3. The van der Waals surface area contributed by atoms with Gasteiger partial charge < -0.3 is 14.3 Å². The second-order valence-corrected chi connectivity index (χ2v) is 2.84. The molecule has 1 N–H and O–H groups in total. The zero-order valence-electron chi connectivity index (χ0n) is 7.86. The second-order valence-electron chi connectivity index (χ2n) is 2.84. The zero-order chi connectivity index (χ0) is 9.80. The first-order valence-electron chi connectivity index (χ1n) is 4.41. The summed E-state index contributed by atoms with van der Waals surface area (Å²) in [6, 6.07) is 3.59. The first-order valence-corrected chi connectivity index (χ1v) is 4.41. The summed E-state index contributed by atoms with van der Waals surface area (Å²) in [6.45, 7) is 0.819. The summed E-state index contributed by atoms with van der Waals surface area (Å²) in [5, 5.41) is 6.81. The van der Waals surface area contributed by atoms with Gasteiger partial charge in [0.15, 0.2) is 5.76 Å². The third-order valence-corrected chi connectivity index (χ3v) is 1.80. The Morgan fingerprint density at radius 2 is 2.43 bits per heavy atom. The first kappa shape index (κ1) is 8.96. The fourth-order valence-corrected chi connectivity index (χ4v) is 1.09. The number of rotatable bonds is 4. The third kappa shape index (κ3) is 1.82. The van der Waals surface area contributed by atoms with Crippen molar-refractivity contribution in [2.75, 3.05) is 13.6 Å². The number of furan rings is 1. The van der Waals surface area contributed by atoms with E-state index in [2.05, 4.69) is 15.5 Å². The minimum Gasteiger partial charge on any atom is -0.461 e. The van der Waals surface area contributed by atoms with Crippen LogP contribution in [0.1, 0.15) is 5.89 Å². The Hall–Kier alpha value is -1.62. The molecule has 0 unspecified atom stereocenters. The summed E-state index contributed by atoms with van der Waals surface area (Å²) in [5.41, 5.74) is 0. The summed E-state index contributed by atoms with van der Waals surface area (Å²) in [7, 11) is 1.88. The second kappa shape index (κ2) is 4.06. The fraction of sp³-hybridized carbons (Fsp3) is 0.333. The molecule has 0 aromatic carbocycles. The minimum absolute atomic E-state index is 0.501. The van der Waals surface area contributed by atoms with Crippen molar-refractivity contribution in [3.8, 4) is 11.6 Å². The van der Waals surface area contributed by atoms with Gasteiger partial charge in [0.05, 0.1) is 6.26 Å². The van der Waals surface area contributed by atoms with E-state index in [4.69, 9.17) is 8.94 Å². The van der Waals surface area contributed by atoms with Gasteiger partial charge in [0.1, 0.15) is 0 Å². The van der Waals surface area contributed by atoms with Crippen molar-refractivity contribution >= 4 is 0 Å². The van der Waals surface area contributed by atoms with Crippen LogP contribution in [-0.2, 0) is 6.42 Å². The molecule has 5 heteroatoms. The number of nitrogens with one attached hydrogen (secondary N) is 1. The van der Waals surface area contributed by atoms with Gasteiger partial charge in [-0.2, -0.15) is 4.98 Å². The van der Waals surface area contributed by atoms with Crippen LogP contribution in [0.5, 0.6) is 0 Å². The molecule has 0 saturated heterocycles. The van der Waals surface area contributed by atoms with Crippen molar-refractivity contribution in [1.29, 1.82) is 0 Å². The van der Waals surface area contributed by atoms with Crippen LogP contribution in [0, 0.1) is 0 Å². The molecule has 0 aliphatic carbocycles. The maximum absolute atomic E-state index is 5.14. The van der Waals surface area contributed by atoms with E-state index < -0.39 is 0 Å². The maximum Gasteiger partial charge on any atom is 0.238 e. The molecular formula is C9H11N3O2. The Morgan fingerprint density at radius 1 is 1.50 bits per heavy atom. The van der Waals surface area contributed by atoms with E-state index in [1.807, 2.05) is 7.05 Å². The van der Waals surface area contributed by atoms with Gasteiger partial charge in [-0.15, -0.1) is 0 Å².